The average molecular weight is 319 g/mol. The van der Waals surface area contributed by atoms with Gasteiger partial charge in [0.15, 0.2) is 0 Å². The topological polar surface area (TPSA) is 40.5 Å². The molecule has 0 bridgehead atoms. The SMILES string of the molecule is CC(C)[C@H]1CC[C@H]2C(=CC=C3C[C@@H](O)C[C@H](O)C3)CCC[C@]12C. The first-order chi connectivity index (χ1) is 10.9. The van der Waals surface area contributed by atoms with E-state index >= 15 is 0 Å². The fourth-order valence-corrected chi connectivity index (χ4v) is 5.90. The summed E-state index contributed by atoms with van der Waals surface area (Å²) in [6.07, 6.45) is 12.5. The molecule has 0 amide bonds. The van der Waals surface area contributed by atoms with E-state index in [0.717, 1.165) is 30.6 Å². The normalized spacial score (nSPS) is 43.0. The molecule has 3 aliphatic carbocycles. The van der Waals surface area contributed by atoms with Gasteiger partial charge in [0.25, 0.3) is 0 Å². The van der Waals surface area contributed by atoms with Crippen molar-refractivity contribution in [2.45, 2.75) is 84.3 Å². The molecule has 130 valence electrons. The highest BCUT2D eigenvalue weighted by molar-refractivity contribution is 5.26. The number of hydrogen-bond donors (Lipinski definition) is 2. The number of aliphatic hydroxyl groups is 2. The lowest BCUT2D eigenvalue weighted by molar-refractivity contribution is 0.0609. The van der Waals surface area contributed by atoms with Crippen LogP contribution in [-0.4, -0.2) is 22.4 Å². The fourth-order valence-electron chi connectivity index (χ4n) is 5.90. The Morgan fingerprint density at radius 2 is 1.78 bits per heavy atom. The van der Waals surface area contributed by atoms with E-state index in [1.54, 1.807) is 5.57 Å². The van der Waals surface area contributed by atoms with Crippen molar-refractivity contribution in [1.82, 2.24) is 0 Å². The van der Waals surface area contributed by atoms with Crippen LogP contribution in [0.25, 0.3) is 0 Å². The molecule has 3 rings (SSSR count). The molecule has 0 unspecified atom stereocenters. The van der Waals surface area contributed by atoms with Crippen molar-refractivity contribution in [2.75, 3.05) is 0 Å². The Morgan fingerprint density at radius 3 is 2.43 bits per heavy atom. The van der Waals surface area contributed by atoms with Gasteiger partial charge in [0.2, 0.25) is 0 Å². The zero-order valence-corrected chi connectivity index (χ0v) is 15.1. The number of aliphatic hydroxyl groups excluding tert-OH is 2. The van der Waals surface area contributed by atoms with Gasteiger partial charge in [-0.25, -0.2) is 0 Å². The molecule has 3 saturated carbocycles. The molecule has 2 nitrogen and oxygen atoms in total. The number of rotatable bonds is 2. The van der Waals surface area contributed by atoms with E-state index in [-0.39, 0.29) is 12.2 Å². The summed E-state index contributed by atoms with van der Waals surface area (Å²) in [7, 11) is 0. The molecular weight excluding hydrogens is 284 g/mol. The summed E-state index contributed by atoms with van der Waals surface area (Å²) in [5, 5.41) is 19.7. The van der Waals surface area contributed by atoms with Crippen LogP contribution in [0.1, 0.15) is 72.1 Å². The van der Waals surface area contributed by atoms with E-state index in [0.29, 0.717) is 11.8 Å². The van der Waals surface area contributed by atoms with Crippen LogP contribution in [0.15, 0.2) is 23.3 Å². The predicted octanol–water partition coefficient (Wildman–Crippen LogP) is 4.62. The van der Waals surface area contributed by atoms with Gasteiger partial charge in [0.05, 0.1) is 12.2 Å². The van der Waals surface area contributed by atoms with Gasteiger partial charge in [-0.1, -0.05) is 44.1 Å². The van der Waals surface area contributed by atoms with Crippen LogP contribution in [0.5, 0.6) is 0 Å². The molecule has 3 fully saturated rings. The molecule has 0 saturated heterocycles. The van der Waals surface area contributed by atoms with Crippen LogP contribution in [0.4, 0.5) is 0 Å². The Hall–Kier alpha value is -0.600. The molecule has 2 N–H and O–H groups in total. The third-order valence-electron chi connectivity index (χ3n) is 6.92. The second-order valence-corrected chi connectivity index (χ2v) is 8.86. The standard InChI is InChI=1S/C21H34O2/c1-14(2)19-8-9-20-16(5-4-10-21(19,20)3)7-6-15-11-17(22)13-18(23)12-15/h6-7,14,17-20,22-23H,4-5,8-13H2,1-3H3/t17-,18-,19-,20+,21-/m1/s1. The highest BCUT2D eigenvalue weighted by Crippen LogP contribution is 2.59. The molecule has 23 heavy (non-hydrogen) atoms. The lowest BCUT2D eigenvalue weighted by Crippen LogP contribution is -2.35. The molecule has 0 spiro atoms. The van der Waals surface area contributed by atoms with E-state index in [9.17, 15) is 10.2 Å². The number of allylic oxidation sites excluding steroid dienone is 3. The van der Waals surface area contributed by atoms with Crippen molar-refractivity contribution in [2.24, 2.45) is 23.2 Å². The minimum absolute atomic E-state index is 0.364. The van der Waals surface area contributed by atoms with E-state index in [4.69, 9.17) is 0 Å². The third-order valence-corrected chi connectivity index (χ3v) is 6.92. The zero-order chi connectivity index (χ0) is 16.6. The summed E-state index contributed by atoms with van der Waals surface area (Å²) >= 11 is 0. The van der Waals surface area contributed by atoms with Crippen LogP contribution in [0, 0.1) is 23.2 Å². The fraction of sp³-hybridized carbons (Fsp3) is 0.810. The van der Waals surface area contributed by atoms with Crippen LogP contribution < -0.4 is 0 Å². The summed E-state index contributed by atoms with van der Waals surface area (Å²) in [6.45, 7) is 7.32. The highest BCUT2D eigenvalue weighted by atomic mass is 16.3. The summed E-state index contributed by atoms with van der Waals surface area (Å²) in [5.74, 6) is 2.40. The first kappa shape index (κ1) is 17.2. The number of fused-ring (bicyclic) bond motifs is 1. The van der Waals surface area contributed by atoms with Gasteiger partial charge in [0, 0.05) is 0 Å². The Kier molecular flexibility index (Phi) is 5.04. The molecule has 5 atom stereocenters. The Labute approximate surface area is 141 Å². The number of hydrogen-bond acceptors (Lipinski definition) is 2. The van der Waals surface area contributed by atoms with Gasteiger partial charge in [-0.2, -0.15) is 0 Å². The summed E-state index contributed by atoms with van der Waals surface area (Å²) < 4.78 is 0. The maximum absolute atomic E-state index is 9.85. The molecule has 0 aromatic rings. The van der Waals surface area contributed by atoms with Gasteiger partial charge in [-0.3, -0.25) is 0 Å². The smallest absolute Gasteiger partial charge is 0.0602 e. The maximum atomic E-state index is 9.85. The molecule has 0 aromatic carbocycles. The van der Waals surface area contributed by atoms with Crippen LogP contribution in [-0.2, 0) is 0 Å². The van der Waals surface area contributed by atoms with Crippen molar-refractivity contribution in [3.05, 3.63) is 23.3 Å². The lowest BCUT2D eigenvalue weighted by atomic mass is 9.61. The summed E-state index contributed by atoms with van der Waals surface area (Å²) in [6, 6.07) is 0. The minimum Gasteiger partial charge on any atom is -0.393 e. The monoisotopic (exact) mass is 318 g/mol. The molecule has 0 heterocycles. The van der Waals surface area contributed by atoms with E-state index < -0.39 is 0 Å². The minimum atomic E-state index is -0.364. The molecule has 0 aromatic heterocycles. The van der Waals surface area contributed by atoms with E-state index in [1.807, 2.05) is 0 Å². The van der Waals surface area contributed by atoms with Gasteiger partial charge in [-0.15, -0.1) is 0 Å². The molecule has 3 aliphatic rings. The van der Waals surface area contributed by atoms with Gasteiger partial charge in [0.1, 0.15) is 0 Å². The third kappa shape index (κ3) is 3.44. The molecule has 0 radical (unpaired) electrons. The summed E-state index contributed by atoms with van der Waals surface area (Å²) in [5.41, 5.74) is 3.33. The van der Waals surface area contributed by atoms with Crippen LogP contribution in [0.2, 0.25) is 0 Å². The Balaban J connectivity index is 1.78. The van der Waals surface area contributed by atoms with E-state index in [2.05, 4.69) is 32.9 Å². The second kappa shape index (κ2) is 6.72. The van der Waals surface area contributed by atoms with Gasteiger partial charge >= 0.3 is 0 Å². The van der Waals surface area contributed by atoms with Crippen LogP contribution >= 0.6 is 0 Å². The zero-order valence-electron chi connectivity index (χ0n) is 15.1. The highest BCUT2D eigenvalue weighted by Gasteiger charge is 2.49. The van der Waals surface area contributed by atoms with Crippen molar-refractivity contribution in [3.63, 3.8) is 0 Å². The first-order valence-electron chi connectivity index (χ1n) is 9.64. The lowest BCUT2D eigenvalue weighted by Gasteiger charge is -2.43. The van der Waals surface area contributed by atoms with Crippen molar-refractivity contribution in [3.8, 4) is 0 Å². The molecular formula is C21H34O2. The Morgan fingerprint density at radius 1 is 1.09 bits per heavy atom. The summed E-state index contributed by atoms with van der Waals surface area (Å²) in [4.78, 5) is 0. The first-order valence-corrected chi connectivity index (χ1v) is 9.64. The quantitative estimate of drug-likeness (QED) is 0.780. The predicted molar refractivity (Wildman–Crippen MR) is 95.0 cm³/mol. The largest absolute Gasteiger partial charge is 0.393 e. The maximum Gasteiger partial charge on any atom is 0.0602 e. The van der Waals surface area contributed by atoms with Gasteiger partial charge in [-0.05, 0) is 74.5 Å². The van der Waals surface area contributed by atoms with Crippen molar-refractivity contribution >= 4 is 0 Å². The van der Waals surface area contributed by atoms with Gasteiger partial charge < -0.3 is 10.2 Å². The average Bonchev–Trinajstić information content (AvgIpc) is 2.81. The molecule has 2 heteroatoms. The molecule has 0 aliphatic heterocycles. The van der Waals surface area contributed by atoms with Crippen molar-refractivity contribution < 1.29 is 10.2 Å². The second-order valence-electron chi connectivity index (χ2n) is 8.86. The van der Waals surface area contributed by atoms with E-state index in [1.165, 1.54) is 37.7 Å². The Bertz CT molecular complexity index is 478. The van der Waals surface area contributed by atoms with Crippen molar-refractivity contribution in [1.29, 1.82) is 0 Å². The van der Waals surface area contributed by atoms with Crippen LogP contribution in [0.3, 0.4) is 0 Å².